The zero-order valence-corrected chi connectivity index (χ0v) is 15.4. The van der Waals surface area contributed by atoms with E-state index in [-0.39, 0.29) is 0 Å². The predicted molar refractivity (Wildman–Crippen MR) is 106 cm³/mol. The first kappa shape index (κ1) is 16.2. The maximum Gasteiger partial charge on any atom is 0.0625 e. The lowest BCUT2D eigenvalue weighted by Gasteiger charge is -2.29. The van der Waals surface area contributed by atoms with Gasteiger partial charge >= 0.3 is 0 Å². The molecule has 1 saturated heterocycles. The number of aromatic amines is 1. The summed E-state index contributed by atoms with van der Waals surface area (Å²) in [5.41, 5.74) is 6.61. The van der Waals surface area contributed by atoms with E-state index in [1.165, 1.54) is 59.3 Å². The monoisotopic (exact) mass is 333 g/mol. The molecule has 0 spiro atoms. The molecule has 1 aliphatic rings. The molecule has 0 amide bonds. The fourth-order valence-electron chi connectivity index (χ4n) is 4.17. The van der Waals surface area contributed by atoms with Gasteiger partial charge in [0.15, 0.2) is 0 Å². The summed E-state index contributed by atoms with van der Waals surface area (Å²) in [5.74, 6) is 0. The van der Waals surface area contributed by atoms with Crippen molar-refractivity contribution in [2.45, 2.75) is 25.8 Å². The van der Waals surface area contributed by atoms with Crippen molar-refractivity contribution in [1.82, 2.24) is 9.88 Å². The zero-order chi connectivity index (χ0) is 17.4. The Hall–Kier alpha value is -2.26. The quantitative estimate of drug-likeness (QED) is 0.746. The lowest BCUT2D eigenvalue weighted by Crippen LogP contribution is -2.27. The van der Waals surface area contributed by atoms with E-state index < -0.39 is 0 Å². The van der Waals surface area contributed by atoms with Crippen molar-refractivity contribution in [2.24, 2.45) is 0 Å². The van der Waals surface area contributed by atoms with Gasteiger partial charge in [0, 0.05) is 41.9 Å². The first-order valence-corrected chi connectivity index (χ1v) is 9.23. The van der Waals surface area contributed by atoms with E-state index >= 15 is 0 Å². The minimum atomic E-state index is 0.329. The second-order valence-electron chi connectivity index (χ2n) is 7.34. The van der Waals surface area contributed by atoms with Crippen LogP contribution in [0.1, 0.15) is 35.7 Å². The highest BCUT2D eigenvalue weighted by Gasteiger charge is 2.28. The number of fused-ring (bicyclic) bond motifs is 1. The van der Waals surface area contributed by atoms with Crippen LogP contribution in [0.2, 0.25) is 0 Å². The number of likely N-dealkylation sites (tertiary alicyclic amines) is 1. The highest BCUT2D eigenvalue weighted by atomic mass is 15.2. The molecule has 1 N–H and O–H groups in total. The van der Waals surface area contributed by atoms with E-state index in [4.69, 9.17) is 0 Å². The Morgan fingerprint density at radius 3 is 2.32 bits per heavy atom. The van der Waals surface area contributed by atoms with Crippen molar-refractivity contribution < 1.29 is 0 Å². The standard InChI is InChI=1S/C22H27N3/c1-16-21(19-8-4-5-9-20(19)23-16)22(25-14-6-7-15-25)17-10-12-18(13-11-17)24(2)3/h4-5,8-13,22-23H,6-7,14-15H2,1-3H3. The van der Waals surface area contributed by atoms with Crippen LogP contribution in [0.15, 0.2) is 48.5 Å². The zero-order valence-electron chi connectivity index (χ0n) is 15.4. The Morgan fingerprint density at radius 2 is 1.64 bits per heavy atom. The van der Waals surface area contributed by atoms with Gasteiger partial charge in [-0.3, -0.25) is 4.90 Å². The lowest BCUT2D eigenvalue weighted by atomic mass is 9.94. The van der Waals surface area contributed by atoms with Gasteiger partial charge in [0.1, 0.15) is 0 Å². The molecule has 3 aromatic rings. The molecule has 1 unspecified atom stereocenters. The Morgan fingerprint density at radius 1 is 0.960 bits per heavy atom. The first-order chi connectivity index (χ1) is 12.1. The summed E-state index contributed by atoms with van der Waals surface area (Å²) in [6.07, 6.45) is 2.60. The van der Waals surface area contributed by atoms with Gasteiger partial charge in [0.05, 0.1) is 6.04 Å². The molecule has 1 aromatic heterocycles. The molecular formula is C22H27N3. The topological polar surface area (TPSA) is 22.3 Å². The number of nitrogens with one attached hydrogen (secondary N) is 1. The highest BCUT2D eigenvalue weighted by molar-refractivity contribution is 5.85. The molecule has 1 aliphatic heterocycles. The highest BCUT2D eigenvalue weighted by Crippen LogP contribution is 2.38. The van der Waals surface area contributed by atoms with Gasteiger partial charge in [-0.2, -0.15) is 0 Å². The summed E-state index contributed by atoms with van der Waals surface area (Å²) in [4.78, 5) is 8.40. The smallest absolute Gasteiger partial charge is 0.0625 e. The summed E-state index contributed by atoms with van der Waals surface area (Å²) in [5, 5.41) is 1.36. The van der Waals surface area contributed by atoms with Crippen LogP contribution >= 0.6 is 0 Å². The fraction of sp³-hybridized carbons (Fsp3) is 0.364. The maximum atomic E-state index is 3.60. The molecule has 130 valence electrons. The van der Waals surface area contributed by atoms with Crippen LogP contribution in [0, 0.1) is 6.92 Å². The van der Waals surface area contributed by atoms with E-state index in [2.05, 4.69) is 84.3 Å². The van der Waals surface area contributed by atoms with E-state index in [0.29, 0.717) is 6.04 Å². The minimum Gasteiger partial charge on any atom is -0.378 e. The molecule has 0 radical (unpaired) electrons. The second kappa shape index (κ2) is 6.57. The summed E-state index contributed by atoms with van der Waals surface area (Å²) in [6.45, 7) is 4.57. The fourth-order valence-corrected chi connectivity index (χ4v) is 4.17. The normalized spacial score (nSPS) is 16.4. The summed E-state index contributed by atoms with van der Waals surface area (Å²) in [7, 11) is 4.19. The Labute approximate surface area is 150 Å². The SMILES string of the molecule is Cc1[nH]c2ccccc2c1C(c1ccc(N(C)C)cc1)N1CCCC1. The molecule has 0 aliphatic carbocycles. The summed E-state index contributed by atoms with van der Waals surface area (Å²) < 4.78 is 0. The van der Waals surface area contributed by atoms with Crippen LogP contribution < -0.4 is 4.90 Å². The molecular weight excluding hydrogens is 306 g/mol. The first-order valence-electron chi connectivity index (χ1n) is 9.23. The molecule has 4 rings (SSSR count). The predicted octanol–water partition coefficient (Wildman–Crippen LogP) is 4.73. The van der Waals surface area contributed by atoms with Crippen molar-refractivity contribution >= 4 is 16.6 Å². The Balaban J connectivity index is 1.84. The van der Waals surface area contributed by atoms with Gasteiger partial charge in [0.25, 0.3) is 0 Å². The number of aromatic nitrogens is 1. The van der Waals surface area contributed by atoms with Crippen LogP contribution in [0.5, 0.6) is 0 Å². The third-order valence-electron chi connectivity index (χ3n) is 5.45. The number of H-pyrrole nitrogens is 1. The average molecular weight is 333 g/mol. The van der Waals surface area contributed by atoms with Crippen LogP contribution in [-0.4, -0.2) is 37.1 Å². The molecule has 3 heteroatoms. The minimum absolute atomic E-state index is 0.329. The van der Waals surface area contributed by atoms with Crippen LogP contribution in [-0.2, 0) is 0 Å². The third-order valence-corrected chi connectivity index (χ3v) is 5.45. The molecule has 1 fully saturated rings. The van der Waals surface area contributed by atoms with Gasteiger partial charge in [-0.1, -0.05) is 30.3 Å². The number of hydrogen-bond acceptors (Lipinski definition) is 2. The molecule has 3 nitrogen and oxygen atoms in total. The van der Waals surface area contributed by atoms with Crippen LogP contribution in [0.25, 0.3) is 10.9 Å². The number of para-hydroxylation sites is 1. The van der Waals surface area contributed by atoms with Gasteiger partial charge < -0.3 is 9.88 Å². The lowest BCUT2D eigenvalue weighted by molar-refractivity contribution is 0.282. The molecule has 0 saturated carbocycles. The number of nitrogens with zero attached hydrogens (tertiary/aromatic N) is 2. The van der Waals surface area contributed by atoms with Crippen LogP contribution in [0.4, 0.5) is 5.69 Å². The molecule has 1 atom stereocenters. The third kappa shape index (κ3) is 2.93. The summed E-state index contributed by atoms with van der Waals surface area (Å²) >= 11 is 0. The number of benzene rings is 2. The van der Waals surface area contributed by atoms with E-state index in [0.717, 1.165) is 0 Å². The second-order valence-corrected chi connectivity index (χ2v) is 7.34. The molecule has 0 bridgehead atoms. The molecule has 2 aromatic carbocycles. The van der Waals surface area contributed by atoms with E-state index in [1.54, 1.807) is 0 Å². The summed E-state index contributed by atoms with van der Waals surface area (Å²) in [6, 6.07) is 18.1. The largest absolute Gasteiger partial charge is 0.378 e. The number of rotatable bonds is 4. The van der Waals surface area contributed by atoms with Crippen molar-refractivity contribution in [3.63, 3.8) is 0 Å². The van der Waals surface area contributed by atoms with E-state index in [1.807, 2.05) is 0 Å². The van der Waals surface area contributed by atoms with Crippen molar-refractivity contribution in [3.05, 3.63) is 65.4 Å². The van der Waals surface area contributed by atoms with Crippen molar-refractivity contribution in [3.8, 4) is 0 Å². The van der Waals surface area contributed by atoms with Gasteiger partial charge in [-0.05, 0) is 56.6 Å². The van der Waals surface area contributed by atoms with E-state index in [9.17, 15) is 0 Å². The average Bonchev–Trinajstić information content (AvgIpc) is 3.24. The number of hydrogen-bond donors (Lipinski definition) is 1. The Bertz CT molecular complexity index is 855. The molecule has 25 heavy (non-hydrogen) atoms. The Kier molecular flexibility index (Phi) is 4.26. The van der Waals surface area contributed by atoms with Gasteiger partial charge in [0.2, 0.25) is 0 Å². The number of aryl methyl sites for hydroxylation is 1. The van der Waals surface area contributed by atoms with Crippen molar-refractivity contribution in [2.75, 3.05) is 32.1 Å². The maximum absolute atomic E-state index is 3.60. The van der Waals surface area contributed by atoms with Crippen LogP contribution in [0.3, 0.4) is 0 Å². The van der Waals surface area contributed by atoms with Gasteiger partial charge in [-0.25, -0.2) is 0 Å². The van der Waals surface area contributed by atoms with Gasteiger partial charge in [-0.15, -0.1) is 0 Å². The van der Waals surface area contributed by atoms with Crippen molar-refractivity contribution in [1.29, 1.82) is 0 Å². The molecule has 2 heterocycles. The number of anilines is 1.